The molecule has 2 aliphatic carbocycles. The topological polar surface area (TPSA) is 56.2 Å². The van der Waals surface area contributed by atoms with Gasteiger partial charge in [0.15, 0.2) is 11.5 Å². The third-order valence-corrected chi connectivity index (χ3v) is 9.20. The second-order valence-electron chi connectivity index (χ2n) is 11.0. The number of nitrogens with zero attached hydrogens (tertiary/aromatic N) is 2. The quantitative estimate of drug-likeness (QED) is 0.638. The van der Waals surface area contributed by atoms with Crippen molar-refractivity contribution < 1.29 is 14.9 Å². The van der Waals surface area contributed by atoms with Crippen molar-refractivity contribution in [1.82, 2.24) is 9.80 Å². The average Bonchev–Trinajstić information content (AvgIpc) is 3.18. The summed E-state index contributed by atoms with van der Waals surface area (Å²) in [4.78, 5) is 4.96. The summed E-state index contributed by atoms with van der Waals surface area (Å²) in [5.74, 6) is 0.821. The van der Waals surface area contributed by atoms with E-state index in [1.807, 2.05) is 6.08 Å². The molecule has 5 nitrogen and oxygen atoms in total. The molecular formula is C29H36N2O3. The van der Waals surface area contributed by atoms with Gasteiger partial charge in [0.05, 0.1) is 11.0 Å². The summed E-state index contributed by atoms with van der Waals surface area (Å²) in [7, 11) is 0. The van der Waals surface area contributed by atoms with Gasteiger partial charge in [0.25, 0.3) is 0 Å². The summed E-state index contributed by atoms with van der Waals surface area (Å²) in [5, 5.41) is 23.4. The summed E-state index contributed by atoms with van der Waals surface area (Å²) < 4.78 is 6.76. The van der Waals surface area contributed by atoms with Gasteiger partial charge < -0.3 is 14.9 Å². The van der Waals surface area contributed by atoms with Crippen LogP contribution < -0.4 is 4.74 Å². The number of rotatable bonds is 6. The number of aromatic hydroxyl groups is 1. The maximum Gasteiger partial charge on any atom is 0.165 e. The number of benzene rings is 2. The first-order valence-electron chi connectivity index (χ1n) is 12.8. The maximum absolute atomic E-state index is 12.6. The van der Waals surface area contributed by atoms with E-state index in [0.29, 0.717) is 11.8 Å². The zero-order valence-corrected chi connectivity index (χ0v) is 20.3. The van der Waals surface area contributed by atoms with Gasteiger partial charge in [-0.05, 0) is 63.3 Å². The van der Waals surface area contributed by atoms with E-state index in [9.17, 15) is 10.2 Å². The highest BCUT2D eigenvalue weighted by Crippen LogP contribution is 2.65. The minimum Gasteiger partial charge on any atom is -0.504 e. The van der Waals surface area contributed by atoms with E-state index >= 15 is 0 Å². The van der Waals surface area contributed by atoms with E-state index < -0.39 is 11.0 Å². The third-order valence-electron chi connectivity index (χ3n) is 9.20. The summed E-state index contributed by atoms with van der Waals surface area (Å²) in [6.07, 6.45) is 4.99. The molecule has 2 aromatic rings. The number of piperidine rings is 1. The predicted molar refractivity (Wildman–Crippen MR) is 133 cm³/mol. The second-order valence-corrected chi connectivity index (χ2v) is 11.0. The van der Waals surface area contributed by atoms with E-state index in [1.54, 1.807) is 6.07 Å². The Balaban J connectivity index is 1.48. The Morgan fingerprint density at radius 2 is 2.00 bits per heavy atom. The molecule has 2 aliphatic heterocycles. The molecule has 0 unspecified atom stereocenters. The lowest BCUT2D eigenvalue weighted by atomic mass is 9.48. The lowest BCUT2D eigenvalue weighted by molar-refractivity contribution is -0.201. The largest absolute Gasteiger partial charge is 0.504 e. The van der Waals surface area contributed by atoms with Gasteiger partial charge in [0.1, 0.15) is 6.10 Å². The lowest BCUT2D eigenvalue weighted by Crippen LogP contribution is -2.78. The molecule has 180 valence electrons. The number of phenolic OH excluding ortho intramolecular Hbond substituents is 1. The number of phenols is 1. The Labute approximate surface area is 202 Å². The van der Waals surface area contributed by atoms with Gasteiger partial charge in [-0.3, -0.25) is 9.80 Å². The van der Waals surface area contributed by atoms with Crippen LogP contribution in [0.25, 0.3) is 0 Å². The molecule has 1 saturated heterocycles. The van der Waals surface area contributed by atoms with Gasteiger partial charge in [-0.15, -0.1) is 6.58 Å². The van der Waals surface area contributed by atoms with Gasteiger partial charge in [0, 0.05) is 36.8 Å². The molecule has 1 saturated carbocycles. The summed E-state index contributed by atoms with van der Waals surface area (Å²) >= 11 is 0. The summed E-state index contributed by atoms with van der Waals surface area (Å²) in [5.41, 5.74) is 2.22. The molecule has 2 bridgehead atoms. The molecular weight excluding hydrogens is 424 g/mol. The predicted octanol–water partition coefficient (Wildman–Crippen LogP) is 4.01. The van der Waals surface area contributed by atoms with Crippen LogP contribution in [0.3, 0.4) is 0 Å². The molecule has 0 radical (unpaired) electrons. The van der Waals surface area contributed by atoms with Crippen LogP contribution in [0, 0.1) is 0 Å². The highest BCUT2D eigenvalue weighted by Gasteiger charge is 2.73. The van der Waals surface area contributed by atoms with E-state index in [-0.39, 0.29) is 23.9 Å². The van der Waals surface area contributed by atoms with Crippen molar-refractivity contribution in [3.05, 3.63) is 71.8 Å². The van der Waals surface area contributed by atoms with Crippen LogP contribution in [-0.2, 0) is 18.4 Å². The highest BCUT2D eigenvalue weighted by molar-refractivity contribution is 5.62. The van der Waals surface area contributed by atoms with Crippen molar-refractivity contribution in [3.63, 3.8) is 0 Å². The highest BCUT2D eigenvalue weighted by atomic mass is 16.5. The fraction of sp³-hybridized carbons (Fsp3) is 0.517. The Morgan fingerprint density at radius 3 is 2.74 bits per heavy atom. The fourth-order valence-electron chi connectivity index (χ4n) is 7.81. The molecule has 4 aliphatic rings. The zero-order valence-electron chi connectivity index (χ0n) is 20.3. The van der Waals surface area contributed by atoms with E-state index in [1.165, 1.54) is 11.1 Å². The maximum atomic E-state index is 12.6. The first-order chi connectivity index (χ1) is 16.4. The summed E-state index contributed by atoms with van der Waals surface area (Å²) in [6, 6.07) is 15.0. The first kappa shape index (κ1) is 22.1. The van der Waals surface area contributed by atoms with Crippen LogP contribution in [0.4, 0.5) is 0 Å². The molecule has 5 heteroatoms. The Kier molecular flexibility index (Phi) is 5.11. The number of aliphatic hydroxyl groups is 1. The van der Waals surface area contributed by atoms with Crippen molar-refractivity contribution >= 4 is 0 Å². The standard InChI is InChI=1S/C29H36N2O3/c1-4-15-30-16-14-28-25-21-10-11-23(32)26(25)34-27(28)22(12-13-29(28,33)24(30)17-21)31(19(2)3)18-20-8-6-5-7-9-20/h4-11,19,22,24,27,32-33H,1,12-18H2,2-3H3/t22-,24-,27+,28+,29-/m1/s1. The number of ether oxygens (including phenoxy) is 1. The molecule has 2 fully saturated rings. The van der Waals surface area contributed by atoms with Gasteiger partial charge in [0.2, 0.25) is 0 Å². The van der Waals surface area contributed by atoms with Crippen molar-refractivity contribution in [1.29, 1.82) is 0 Å². The first-order valence-corrected chi connectivity index (χ1v) is 12.8. The van der Waals surface area contributed by atoms with Crippen LogP contribution in [0.1, 0.15) is 49.8 Å². The minimum atomic E-state index is -0.878. The smallest absolute Gasteiger partial charge is 0.165 e. The normalized spacial score (nSPS) is 33.6. The molecule has 5 atom stereocenters. The van der Waals surface area contributed by atoms with Crippen LogP contribution in [0.2, 0.25) is 0 Å². The Hall–Kier alpha value is -2.34. The molecule has 34 heavy (non-hydrogen) atoms. The van der Waals surface area contributed by atoms with Gasteiger partial charge in [-0.25, -0.2) is 0 Å². The van der Waals surface area contributed by atoms with Gasteiger partial charge in [-0.1, -0.05) is 42.5 Å². The molecule has 6 rings (SSSR count). The lowest BCUT2D eigenvalue weighted by Gasteiger charge is -2.65. The average molecular weight is 461 g/mol. The fourth-order valence-corrected chi connectivity index (χ4v) is 7.81. The van der Waals surface area contributed by atoms with Crippen molar-refractivity contribution in [2.75, 3.05) is 13.1 Å². The Morgan fingerprint density at radius 1 is 1.21 bits per heavy atom. The van der Waals surface area contributed by atoms with E-state index in [2.05, 4.69) is 66.6 Å². The van der Waals surface area contributed by atoms with Crippen LogP contribution >= 0.6 is 0 Å². The number of hydrogen-bond acceptors (Lipinski definition) is 5. The van der Waals surface area contributed by atoms with Crippen molar-refractivity contribution in [2.45, 2.75) is 81.3 Å². The van der Waals surface area contributed by atoms with E-state index in [4.69, 9.17) is 4.74 Å². The van der Waals surface area contributed by atoms with Crippen LogP contribution in [-0.4, -0.2) is 62.9 Å². The number of likely N-dealkylation sites (tertiary alicyclic amines) is 1. The SMILES string of the molecule is C=CCN1CC[C@]23c4c5ccc(O)c4O[C@H]2[C@H](N(Cc2ccccc2)C(C)C)CC[C@@]3(O)[C@H]1C5. The van der Waals surface area contributed by atoms with Gasteiger partial charge >= 0.3 is 0 Å². The molecule has 0 amide bonds. The second kappa shape index (κ2) is 7.84. The number of hydrogen-bond donors (Lipinski definition) is 2. The molecule has 2 aromatic carbocycles. The van der Waals surface area contributed by atoms with Crippen molar-refractivity contribution in [3.8, 4) is 11.5 Å². The Bertz CT molecular complexity index is 1100. The van der Waals surface area contributed by atoms with Gasteiger partial charge in [-0.2, -0.15) is 0 Å². The molecule has 2 heterocycles. The zero-order chi connectivity index (χ0) is 23.7. The third kappa shape index (κ3) is 2.84. The molecule has 1 spiro atoms. The summed E-state index contributed by atoms with van der Waals surface area (Å²) in [6.45, 7) is 11.0. The monoisotopic (exact) mass is 460 g/mol. The van der Waals surface area contributed by atoms with Crippen LogP contribution in [0.15, 0.2) is 55.1 Å². The van der Waals surface area contributed by atoms with Crippen molar-refractivity contribution in [2.24, 2.45) is 0 Å². The van der Waals surface area contributed by atoms with E-state index in [0.717, 1.165) is 50.9 Å². The minimum absolute atomic E-state index is 0.0379. The molecule has 0 aromatic heterocycles. The van der Waals surface area contributed by atoms with Crippen LogP contribution in [0.5, 0.6) is 11.5 Å². The molecule has 2 N–H and O–H groups in total.